The number of anilines is 2. The molecule has 1 aliphatic heterocycles. The quantitative estimate of drug-likeness (QED) is 0.644. The summed E-state index contributed by atoms with van der Waals surface area (Å²) in [5.41, 5.74) is 3.53. The van der Waals surface area contributed by atoms with Crippen LogP contribution in [0.25, 0.3) is 0 Å². The minimum absolute atomic E-state index is 0.0773. The molecule has 4 rings (SSSR count). The van der Waals surface area contributed by atoms with Crippen LogP contribution in [0.15, 0.2) is 48.5 Å². The van der Waals surface area contributed by atoms with Crippen LogP contribution in [0.5, 0.6) is 0 Å². The molecule has 5 heteroatoms. The predicted molar refractivity (Wildman–Crippen MR) is 130 cm³/mol. The maximum atomic E-state index is 13.2. The molecule has 1 saturated heterocycles. The van der Waals surface area contributed by atoms with E-state index in [2.05, 4.69) is 34.6 Å². The summed E-state index contributed by atoms with van der Waals surface area (Å²) in [4.78, 5) is 28.1. The molecule has 32 heavy (non-hydrogen) atoms. The first-order chi connectivity index (χ1) is 15.6. The number of carbonyl (C=O) groups excluding carboxylic acids is 2. The predicted octanol–water partition coefficient (Wildman–Crippen LogP) is 5.02. The summed E-state index contributed by atoms with van der Waals surface area (Å²) in [6.45, 7) is 4.78. The number of rotatable bonds is 7. The van der Waals surface area contributed by atoms with E-state index in [0.717, 1.165) is 69.6 Å². The molecule has 2 aliphatic rings. The monoisotopic (exact) mass is 433 g/mol. The molecule has 2 aromatic rings. The molecule has 0 spiro atoms. The standard InChI is InChI=1S/C27H35N3O2/c1-20-14-17-30(18-15-20)25-12-11-23(29-26(31)22-9-5-6-10-22)19-24(25)27(32)28-16-13-21-7-3-2-4-8-21/h2-4,7-8,11-12,19-20,22H,5-6,9-10,13-18H2,1H3,(H,28,32)(H,29,31). The molecular weight excluding hydrogens is 398 g/mol. The highest BCUT2D eigenvalue weighted by molar-refractivity contribution is 6.02. The lowest BCUT2D eigenvalue weighted by Crippen LogP contribution is -2.35. The summed E-state index contributed by atoms with van der Waals surface area (Å²) in [5, 5.41) is 6.15. The minimum atomic E-state index is -0.0773. The Kier molecular flexibility index (Phi) is 7.46. The summed E-state index contributed by atoms with van der Waals surface area (Å²) in [5.74, 6) is 0.824. The van der Waals surface area contributed by atoms with E-state index in [4.69, 9.17) is 0 Å². The number of benzene rings is 2. The lowest BCUT2D eigenvalue weighted by atomic mass is 9.97. The first-order valence-corrected chi connectivity index (χ1v) is 12.1. The van der Waals surface area contributed by atoms with Gasteiger partial charge in [-0.3, -0.25) is 9.59 Å². The number of piperidine rings is 1. The molecule has 2 amide bonds. The Morgan fingerprint density at radius 3 is 2.41 bits per heavy atom. The van der Waals surface area contributed by atoms with E-state index >= 15 is 0 Å². The maximum Gasteiger partial charge on any atom is 0.253 e. The zero-order chi connectivity index (χ0) is 22.3. The van der Waals surface area contributed by atoms with Crippen LogP contribution in [-0.2, 0) is 11.2 Å². The molecule has 0 aromatic heterocycles. The smallest absolute Gasteiger partial charge is 0.253 e. The van der Waals surface area contributed by atoms with Crippen LogP contribution in [0.1, 0.15) is 61.4 Å². The Hall–Kier alpha value is -2.82. The van der Waals surface area contributed by atoms with E-state index in [1.54, 1.807) is 0 Å². The van der Waals surface area contributed by atoms with Gasteiger partial charge in [0.05, 0.1) is 5.56 Å². The van der Waals surface area contributed by atoms with Crippen molar-refractivity contribution in [2.45, 2.75) is 51.9 Å². The molecule has 5 nitrogen and oxygen atoms in total. The summed E-state index contributed by atoms with van der Waals surface area (Å²) >= 11 is 0. The normalized spacial score (nSPS) is 17.3. The molecule has 2 N–H and O–H groups in total. The van der Waals surface area contributed by atoms with Crippen molar-refractivity contribution < 1.29 is 9.59 Å². The van der Waals surface area contributed by atoms with E-state index in [9.17, 15) is 9.59 Å². The van der Waals surface area contributed by atoms with Crippen molar-refractivity contribution in [1.29, 1.82) is 0 Å². The minimum Gasteiger partial charge on any atom is -0.371 e. The van der Waals surface area contributed by atoms with Crippen molar-refractivity contribution in [3.8, 4) is 0 Å². The first kappa shape index (κ1) is 22.4. The Balaban J connectivity index is 1.48. The molecule has 2 fully saturated rings. The van der Waals surface area contributed by atoms with Gasteiger partial charge in [-0.25, -0.2) is 0 Å². The summed E-state index contributed by atoms with van der Waals surface area (Å²) < 4.78 is 0. The molecule has 0 atom stereocenters. The van der Waals surface area contributed by atoms with Crippen LogP contribution in [0.2, 0.25) is 0 Å². The highest BCUT2D eigenvalue weighted by Crippen LogP contribution is 2.30. The van der Waals surface area contributed by atoms with Crippen LogP contribution >= 0.6 is 0 Å². The second-order valence-corrected chi connectivity index (χ2v) is 9.36. The van der Waals surface area contributed by atoms with Crippen molar-refractivity contribution >= 4 is 23.2 Å². The summed E-state index contributed by atoms with van der Waals surface area (Å²) in [7, 11) is 0. The molecule has 1 aliphatic carbocycles. The van der Waals surface area contributed by atoms with Gasteiger partial charge in [0, 0.05) is 36.9 Å². The lowest BCUT2D eigenvalue weighted by Gasteiger charge is -2.33. The van der Waals surface area contributed by atoms with Crippen molar-refractivity contribution in [2.75, 3.05) is 29.9 Å². The van der Waals surface area contributed by atoms with Gasteiger partial charge in [-0.1, -0.05) is 50.1 Å². The van der Waals surface area contributed by atoms with Gasteiger partial charge in [-0.2, -0.15) is 0 Å². The molecule has 1 heterocycles. The van der Waals surface area contributed by atoms with Gasteiger partial charge in [0.1, 0.15) is 0 Å². The lowest BCUT2D eigenvalue weighted by molar-refractivity contribution is -0.119. The van der Waals surface area contributed by atoms with E-state index < -0.39 is 0 Å². The van der Waals surface area contributed by atoms with Gasteiger partial charge in [-0.05, 0) is 61.8 Å². The molecule has 1 saturated carbocycles. The zero-order valence-electron chi connectivity index (χ0n) is 19.1. The topological polar surface area (TPSA) is 61.4 Å². The Bertz CT molecular complexity index is 914. The number of carbonyl (C=O) groups is 2. The largest absolute Gasteiger partial charge is 0.371 e. The summed E-state index contributed by atoms with van der Waals surface area (Å²) in [6.07, 6.45) is 7.23. The van der Waals surface area contributed by atoms with Crippen LogP contribution in [-0.4, -0.2) is 31.4 Å². The van der Waals surface area contributed by atoms with Gasteiger partial charge in [-0.15, -0.1) is 0 Å². The van der Waals surface area contributed by atoms with E-state index in [1.807, 2.05) is 36.4 Å². The van der Waals surface area contributed by atoms with Crippen LogP contribution < -0.4 is 15.5 Å². The molecule has 2 aromatic carbocycles. The van der Waals surface area contributed by atoms with E-state index in [-0.39, 0.29) is 17.7 Å². The van der Waals surface area contributed by atoms with Crippen LogP contribution in [0.4, 0.5) is 11.4 Å². The Morgan fingerprint density at radius 1 is 0.969 bits per heavy atom. The number of hydrogen-bond acceptors (Lipinski definition) is 3. The number of nitrogens with zero attached hydrogens (tertiary/aromatic N) is 1. The second-order valence-electron chi connectivity index (χ2n) is 9.36. The van der Waals surface area contributed by atoms with E-state index in [1.165, 1.54) is 5.56 Å². The average molecular weight is 434 g/mol. The number of amides is 2. The molecule has 0 bridgehead atoms. The van der Waals surface area contributed by atoms with Gasteiger partial charge < -0.3 is 15.5 Å². The molecule has 0 radical (unpaired) electrons. The fraction of sp³-hybridized carbons (Fsp3) is 0.481. The SMILES string of the molecule is CC1CCN(c2ccc(NC(=O)C3CCCC3)cc2C(=O)NCCc2ccccc2)CC1. The fourth-order valence-corrected chi connectivity index (χ4v) is 4.81. The fourth-order valence-electron chi connectivity index (χ4n) is 4.81. The third kappa shape index (κ3) is 5.70. The first-order valence-electron chi connectivity index (χ1n) is 12.1. The Labute approximate surface area is 191 Å². The van der Waals surface area contributed by atoms with Crippen molar-refractivity contribution in [3.63, 3.8) is 0 Å². The molecular formula is C27H35N3O2. The van der Waals surface area contributed by atoms with Crippen molar-refractivity contribution in [3.05, 3.63) is 59.7 Å². The number of nitrogens with one attached hydrogen (secondary N) is 2. The van der Waals surface area contributed by atoms with Crippen LogP contribution in [0.3, 0.4) is 0 Å². The number of hydrogen-bond donors (Lipinski definition) is 2. The van der Waals surface area contributed by atoms with Crippen LogP contribution in [0, 0.1) is 11.8 Å². The maximum absolute atomic E-state index is 13.2. The third-order valence-corrected chi connectivity index (χ3v) is 6.90. The van der Waals surface area contributed by atoms with Gasteiger partial charge >= 0.3 is 0 Å². The Morgan fingerprint density at radius 2 is 1.69 bits per heavy atom. The van der Waals surface area contributed by atoms with Gasteiger partial charge in [0.2, 0.25) is 5.91 Å². The third-order valence-electron chi connectivity index (χ3n) is 6.90. The molecule has 0 unspecified atom stereocenters. The van der Waals surface area contributed by atoms with Gasteiger partial charge in [0.25, 0.3) is 5.91 Å². The van der Waals surface area contributed by atoms with E-state index in [0.29, 0.717) is 17.8 Å². The van der Waals surface area contributed by atoms with Crippen molar-refractivity contribution in [2.24, 2.45) is 11.8 Å². The summed E-state index contributed by atoms with van der Waals surface area (Å²) in [6, 6.07) is 16.0. The van der Waals surface area contributed by atoms with Gasteiger partial charge in [0.15, 0.2) is 0 Å². The highest BCUT2D eigenvalue weighted by atomic mass is 16.2. The average Bonchev–Trinajstić information content (AvgIpc) is 3.36. The zero-order valence-corrected chi connectivity index (χ0v) is 19.1. The second kappa shape index (κ2) is 10.7. The molecule has 170 valence electrons. The highest BCUT2D eigenvalue weighted by Gasteiger charge is 2.24. The van der Waals surface area contributed by atoms with Crippen molar-refractivity contribution in [1.82, 2.24) is 5.32 Å².